The first kappa shape index (κ1) is 18.4. The van der Waals surface area contributed by atoms with Crippen molar-refractivity contribution >= 4 is 12.2 Å². The van der Waals surface area contributed by atoms with Crippen LogP contribution < -0.4 is 5.73 Å². The van der Waals surface area contributed by atoms with E-state index in [1.807, 2.05) is 58.9 Å². The van der Waals surface area contributed by atoms with Gasteiger partial charge in [-0.25, -0.2) is 14.8 Å². The molecule has 0 aliphatic carbocycles. The monoisotopic (exact) mass is 365 g/mol. The number of hydrogen-bond donors (Lipinski definition) is 1. The van der Waals surface area contributed by atoms with E-state index < -0.39 is 5.97 Å². The summed E-state index contributed by atoms with van der Waals surface area (Å²) in [6, 6.07) is 9.58. The van der Waals surface area contributed by atoms with Crippen LogP contribution in [0.4, 0.5) is 0 Å². The smallest absolute Gasteiger partial charge is 0.358 e. The maximum absolute atomic E-state index is 12.3. The average Bonchev–Trinajstić information content (AvgIpc) is 3.14. The van der Waals surface area contributed by atoms with E-state index >= 15 is 0 Å². The Hall–Kier alpha value is -3.35. The minimum absolute atomic E-state index is 0.230. The van der Waals surface area contributed by atoms with Crippen molar-refractivity contribution in [3.63, 3.8) is 0 Å². The third-order valence-electron chi connectivity index (χ3n) is 4.18. The molecule has 27 heavy (non-hydrogen) atoms. The fourth-order valence-electron chi connectivity index (χ4n) is 2.78. The zero-order chi connectivity index (χ0) is 19.1. The van der Waals surface area contributed by atoms with Crippen LogP contribution in [0.2, 0.25) is 0 Å². The van der Waals surface area contributed by atoms with Crippen molar-refractivity contribution in [1.82, 2.24) is 14.5 Å². The summed E-state index contributed by atoms with van der Waals surface area (Å²) in [6.07, 6.45) is 8.66. The average molecular weight is 365 g/mol. The first-order valence-corrected chi connectivity index (χ1v) is 8.80. The van der Waals surface area contributed by atoms with Gasteiger partial charge in [0, 0.05) is 31.7 Å². The fraction of sp³-hybridized carbons (Fsp3) is 0.250. The molecule has 2 N–H and O–H groups in total. The van der Waals surface area contributed by atoms with Crippen LogP contribution in [0.3, 0.4) is 0 Å². The zero-order valence-electron chi connectivity index (χ0n) is 15.3. The summed E-state index contributed by atoms with van der Waals surface area (Å²) < 4.78 is 7.33. The molecule has 140 valence electrons. The number of aliphatic imine (C=N–C) groups is 1. The summed E-state index contributed by atoms with van der Waals surface area (Å²) >= 11 is 0. The number of rotatable bonds is 6. The molecule has 0 unspecified atom stereocenters. The highest BCUT2D eigenvalue weighted by Crippen LogP contribution is 2.18. The first-order chi connectivity index (χ1) is 13.2. The van der Waals surface area contributed by atoms with E-state index in [9.17, 15) is 4.79 Å². The molecule has 7 heteroatoms. The van der Waals surface area contributed by atoms with Gasteiger partial charge in [-0.05, 0) is 18.6 Å². The number of imidazole rings is 1. The van der Waals surface area contributed by atoms with Crippen molar-refractivity contribution in [1.29, 1.82) is 0 Å². The highest BCUT2D eigenvalue weighted by atomic mass is 16.5. The van der Waals surface area contributed by atoms with Gasteiger partial charge >= 0.3 is 5.97 Å². The molecular formula is C20H23N5O2. The predicted molar refractivity (Wildman–Crippen MR) is 104 cm³/mol. The van der Waals surface area contributed by atoms with Crippen LogP contribution in [0.1, 0.15) is 28.8 Å². The van der Waals surface area contributed by atoms with Crippen LogP contribution >= 0.6 is 0 Å². The van der Waals surface area contributed by atoms with Crippen LogP contribution in [0.5, 0.6) is 0 Å². The summed E-state index contributed by atoms with van der Waals surface area (Å²) in [5, 5.41) is 0. The molecule has 2 heterocycles. The molecule has 7 nitrogen and oxygen atoms in total. The Morgan fingerprint density at radius 2 is 2.15 bits per heavy atom. The highest BCUT2D eigenvalue weighted by Gasteiger charge is 2.22. The van der Waals surface area contributed by atoms with Crippen molar-refractivity contribution in [2.24, 2.45) is 10.7 Å². The van der Waals surface area contributed by atoms with E-state index in [1.165, 1.54) is 6.20 Å². The topological polar surface area (TPSA) is 85.7 Å². The van der Waals surface area contributed by atoms with Crippen molar-refractivity contribution in [2.75, 3.05) is 6.54 Å². The minimum atomic E-state index is -0.423. The Bertz CT molecular complexity index is 868. The third-order valence-corrected chi connectivity index (χ3v) is 4.18. The van der Waals surface area contributed by atoms with Gasteiger partial charge in [0.1, 0.15) is 18.3 Å². The van der Waals surface area contributed by atoms with E-state index in [-0.39, 0.29) is 6.61 Å². The standard InChI is InChI=1S/C20H23N5O2/c1-2-3-9-22-18(12-21)25-11-10-24-13-17(23-19(24)14-25)20(26)27-15-16-7-5-4-6-8-16/h2-9,12-13H,10-11,14-15,21H2,1H3/b3-2+,18-12+,22-9+. The second-order valence-corrected chi connectivity index (χ2v) is 6.05. The molecule has 2 aromatic rings. The largest absolute Gasteiger partial charge is 0.456 e. The number of aromatic nitrogens is 2. The molecule has 0 saturated carbocycles. The van der Waals surface area contributed by atoms with Crippen LogP contribution in [0.15, 0.2) is 65.7 Å². The number of carbonyl (C=O) groups is 1. The molecule has 1 aliphatic rings. The number of esters is 1. The number of nitrogens with zero attached hydrogens (tertiary/aromatic N) is 4. The van der Waals surface area contributed by atoms with Crippen LogP contribution in [0, 0.1) is 0 Å². The number of hydrogen-bond acceptors (Lipinski definition) is 6. The SMILES string of the molecule is C/C=C/C=N/C(=C\N)N1CCn2cc(C(=O)OCc3ccccc3)nc2C1. The van der Waals surface area contributed by atoms with Gasteiger partial charge < -0.3 is 19.9 Å². The Morgan fingerprint density at radius 1 is 1.33 bits per heavy atom. The lowest BCUT2D eigenvalue weighted by molar-refractivity contribution is 0.0466. The lowest BCUT2D eigenvalue weighted by atomic mass is 10.2. The van der Waals surface area contributed by atoms with Crippen molar-refractivity contribution in [2.45, 2.75) is 26.6 Å². The lowest BCUT2D eigenvalue weighted by Crippen LogP contribution is -2.33. The molecule has 0 spiro atoms. The third kappa shape index (κ3) is 4.63. The molecule has 0 atom stereocenters. The molecule has 1 aliphatic heterocycles. The van der Waals surface area contributed by atoms with Gasteiger partial charge in [-0.15, -0.1) is 0 Å². The number of nitrogens with two attached hydrogens (primary N) is 1. The van der Waals surface area contributed by atoms with Gasteiger partial charge in [0.15, 0.2) is 5.69 Å². The van der Waals surface area contributed by atoms with E-state index in [4.69, 9.17) is 10.5 Å². The Morgan fingerprint density at radius 3 is 2.89 bits per heavy atom. The number of ether oxygens (including phenoxy) is 1. The maximum Gasteiger partial charge on any atom is 0.358 e. The normalized spacial score (nSPS) is 14.7. The van der Waals surface area contributed by atoms with Gasteiger partial charge in [0.05, 0.1) is 6.54 Å². The van der Waals surface area contributed by atoms with E-state index in [1.54, 1.807) is 12.4 Å². The summed E-state index contributed by atoms with van der Waals surface area (Å²) in [7, 11) is 0. The molecular weight excluding hydrogens is 342 g/mol. The van der Waals surface area contributed by atoms with Crippen molar-refractivity contribution < 1.29 is 9.53 Å². The molecule has 1 aromatic heterocycles. The zero-order valence-corrected chi connectivity index (χ0v) is 15.3. The summed E-state index contributed by atoms with van der Waals surface area (Å²) in [5.41, 5.74) is 6.97. The molecule has 0 amide bonds. The van der Waals surface area contributed by atoms with Gasteiger partial charge in [-0.3, -0.25) is 0 Å². The number of benzene rings is 1. The number of allylic oxidation sites excluding steroid dienone is 2. The van der Waals surface area contributed by atoms with E-state index in [0.29, 0.717) is 24.6 Å². The summed E-state index contributed by atoms with van der Waals surface area (Å²) in [6.45, 7) is 4.12. The first-order valence-electron chi connectivity index (χ1n) is 8.80. The van der Waals surface area contributed by atoms with E-state index in [0.717, 1.165) is 17.9 Å². The van der Waals surface area contributed by atoms with Gasteiger partial charge in [0.25, 0.3) is 0 Å². The van der Waals surface area contributed by atoms with Crippen LogP contribution in [-0.2, 0) is 24.4 Å². The van der Waals surface area contributed by atoms with Gasteiger partial charge in [0.2, 0.25) is 0 Å². The van der Waals surface area contributed by atoms with Gasteiger partial charge in [-0.2, -0.15) is 0 Å². The molecule has 0 fully saturated rings. The van der Waals surface area contributed by atoms with Crippen LogP contribution in [-0.4, -0.2) is 33.2 Å². The van der Waals surface area contributed by atoms with Crippen LogP contribution in [0.25, 0.3) is 0 Å². The maximum atomic E-state index is 12.3. The van der Waals surface area contributed by atoms with E-state index in [2.05, 4.69) is 9.98 Å². The molecule has 0 bridgehead atoms. The predicted octanol–water partition coefficient (Wildman–Crippen LogP) is 2.46. The molecule has 0 saturated heterocycles. The summed E-state index contributed by atoms with van der Waals surface area (Å²) in [4.78, 5) is 23.1. The van der Waals surface area contributed by atoms with Crippen molar-refractivity contribution in [3.05, 3.63) is 77.8 Å². The minimum Gasteiger partial charge on any atom is -0.456 e. The number of carbonyl (C=O) groups excluding carboxylic acids is 1. The Balaban J connectivity index is 1.65. The lowest BCUT2D eigenvalue weighted by Gasteiger charge is -2.29. The van der Waals surface area contributed by atoms with Crippen molar-refractivity contribution in [3.8, 4) is 0 Å². The van der Waals surface area contributed by atoms with Gasteiger partial charge in [-0.1, -0.05) is 36.4 Å². The highest BCUT2D eigenvalue weighted by molar-refractivity contribution is 5.87. The fourth-order valence-corrected chi connectivity index (χ4v) is 2.78. The number of fused-ring (bicyclic) bond motifs is 1. The summed E-state index contributed by atoms with van der Waals surface area (Å²) in [5.74, 6) is 1.04. The second kappa shape index (κ2) is 8.84. The molecule has 1 aromatic carbocycles. The molecule has 3 rings (SSSR count). The molecule has 0 radical (unpaired) electrons. The second-order valence-electron chi connectivity index (χ2n) is 6.05. The Kier molecular flexibility index (Phi) is 6.04. The Labute approximate surface area is 158 Å². The quantitative estimate of drug-likeness (QED) is 0.628.